The Kier molecular flexibility index (Phi) is 3.08. The fourth-order valence-electron chi connectivity index (χ4n) is 2.92. The molecule has 1 saturated heterocycles. The zero-order chi connectivity index (χ0) is 12.5. The fourth-order valence-corrected chi connectivity index (χ4v) is 2.92. The highest BCUT2D eigenvalue weighted by atomic mass is 16.2. The summed E-state index contributed by atoms with van der Waals surface area (Å²) in [5.41, 5.74) is 1.32. The smallest absolute Gasteiger partial charge is 0.226 e. The molecule has 96 valence electrons. The van der Waals surface area contributed by atoms with E-state index in [1.54, 1.807) is 0 Å². The van der Waals surface area contributed by atoms with Crippen LogP contribution >= 0.6 is 0 Å². The standard InChI is InChI=1S/C15H20N2O/c1-11-10-16-7-8-17(11)15(18)14-9-13(14)12-5-3-2-4-6-12/h2-6,11,13-14,16H,7-10H2,1H3/t11-,13?,14?/m1/s1. The van der Waals surface area contributed by atoms with E-state index in [0.717, 1.165) is 26.1 Å². The van der Waals surface area contributed by atoms with Gasteiger partial charge in [0.2, 0.25) is 5.91 Å². The van der Waals surface area contributed by atoms with Crippen molar-refractivity contribution in [2.24, 2.45) is 5.92 Å². The molecule has 2 fully saturated rings. The van der Waals surface area contributed by atoms with Crippen molar-refractivity contribution >= 4 is 5.91 Å². The molecule has 1 aliphatic heterocycles. The molecular weight excluding hydrogens is 224 g/mol. The molecule has 1 aromatic carbocycles. The Morgan fingerprint density at radius 3 is 2.83 bits per heavy atom. The molecule has 3 rings (SSSR count). The molecular formula is C15H20N2O. The lowest BCUT2D eigenvalue weighted by Gasteiger charge is -2.34. The van der Waals surface area contributed by atoms with Crippen molar-refractivity contribution in [3.05, 3.63) is 35.9 Å². The highest BCUT2D eigenvalue weighted by Crippen LogP contribution is 2.48. The summed E-state index contributed by atoms with van der Waals surface area (Å²) >= 11 is 0. The second-order valence-corrected chi connectivity index (χ2v) is 5.44. The highest BCUT2D eigenvalue weighted by Gasteiger charge is 2.46. The van der Waals surface area contributed by atoms with E-state index in [0.29, 0.717) is 17.9 Å². The van der Waals surface area contributed by atoms with Crippen LogP contribution in [0.25, 0.3) is 0 Å². The first-order chi connectivity index (χ1) is 8.77. The number of benzene rings is 1. The zero-order valence-corrected chi connectivity index (χ0v) is 10.8. The highest BCUT2D eigenvalue weighted by molar-refractivity contribution is 5.83. The summed E-state index contributed by atoms with van der Waals surface area (Å²) in [6.45, 7) is 4.84. The lowest BCUT2D eigenvalue weighted by molar-refractivity contribution is -0.135. The molecule has 0 spiro atoms. The van der Waals surface area contributed by atoms with E-state index in [4.69, 9.17) is 0 Å². The molecule has 3 heteroatoms. The second-order valence-electron chi connectivity index (χ2n) is 5.44. The lowest BCUT2D eigenvalue weighted by Crippen LogP contribution is -2.52. The van der Waals surface area contributed by atoms with E-state index in [1.807, 2.05) is 6.07 Å². The van der Waals surface area contributed by atoms with Crippen molar-refractivity contribution in [2.45, 2.75) is 25.3 Å². The molecule has 2 aliphatic rings. The van der Waals surface area contributed by atoms with Gasteiger partial charge in [-0.1, -0.05) is 30.3 Å². The molecule has 1 heterocycles. The van der Waals surface area contributed by atoms with Gasteiger partial charge in [-0.25, -0.2) is 0 Å². The Bertz CT molecular complexity index is 431. The van der Waals surface area contributed by atoms with Crippen LogP contribution in [0.3, 0.4) is 0 Å². The average Bonchev–Trinajstić information content (AvgIpc) is 3.20. The molecule has 3 atom stereocenters. The third-order valence-corrected chi connectivity index (χ3v) is 4.12. The Labute approximate surface area is 108 Å². The topological polar surface area (TPSA) is 32.3 Å². The maximum Gasteiger partial charge on any atom is 0.226 e. The third kappa shape index (κ3) is 2.15. The van der Waals surface area contributed by atoms with Gasteiger partial charge in [-0.3, -0.25) is 4.79 Å². The minimum Gasteiger partial charge on any atom is -0.337 e. The van der Waals surface area contributed by atoms with Gasteiger partial charge >= 0.3 is 0 Å². The third-order valence-electron chi connectivity index (χ3n) is 4.12. The largest absolute Gasteiger partial charge is 0.337 e. The maximum atomic E-state index is 12.5. The predicted octanol–water partition coefficient (Wildman–Crippen LogP) is 1.61. The summed E-state index contributed by atoms with van der Waals surface area (Å²) in [5.74, 6) is 1.05. The Hall–Kier alpha value is -1.35. The van der Waals surface area contributed by atoms with Gasteiger partial charge in [0.1, 0.15) is 0 Å². The lowest BCUT2D eigenvalue weighted by atomic mass is 10.1. The Morgan fingerprint density at radius 1 is 1.33 bits per heavy atom. The number of carbonyl (C=O) groups is 1. The van der Waals surface area contributed by atoms with E-state index in [1.165, 1.54) is 5.56 Å². The average molecular weight is 244 g/mol. The Morgan fingerprint density at radius 2 is 2.11 bits per heavy atom. The molecule has 0 radical (unpaired) electrons. The number of piperazine rings is 1. The van der Waals surface area contributed by atoms with Gasteiger partial charge in [0, 0.05) is 31.6 Å². The van der Waals surface area contributed by atoms with E-state index < -0.39 is 0 Å². The van der Waals surface area contributed by atoms with Gasteiger partial charge in [-0.15, -0.1) is 0 Å². The van der Waals surface area contributed by atoms with Crippen LogP contribution in [-0.2, 0) is 4.79 Å². The van der Waals surface area contributed by atoms with E-state index in [-0.39, 0.29) is 5.92 Å². The van der Waals surface area contributed by atoms with Gasteiger partial charge in [0.15, 0.2) is 0 Å². The van der Waals surface area contributed by atoms with Gasteiger partial charge < -0.3 is 10.2 Å². The first kappa shape index (κ1) is 11.7. The zero-order valence-electron chi connectivity index (χ0n) is 10.8. The van der Waals surface area contributed by atoms with Gasteiger partial charge in [0.05, 0.1) is 0 Å². The van der Waals surface area contributed by atoms with Gasteiger partial charge in [-0.2, -0.15) is 0 Å². The number of hydrogen-bond donors (Lipinski definition) is 1. The van der Waals surface area contributed by atoms with Crippen LogP contribution in [0.15, 0.2) is 30.3 Å². The van der Waals surface area contributed by atoms with Crippen LogP contribution in [0.2, 0.25) is 0 Å². The van der Waals surface area contributed by atoms with Crippen LogP contribution in [0.1, 0.15) is 24.8 Å². The quantitative estimate of drug-likeness (QED) is 0.857. The predicted molar refractivity (Wildman–Crippen MR) is 71.3 cm³/mol. The van der Waals surface area contributed by atoms with Gasteiger partial charge in [0.25, 0.3) is 0 Å². The van der Waals surface area contributed by atoms with Crippen LogP contribution in [0.4, 0.5) is 0 Å². The monoisotopic (exact) mass is 244 g/mol. The molecule has 1 aliphatic carbocycles. The number of hydrogen-bond acceptors (Lipinski definition) is 2. The van der Waals surface area contributed by atoms with Crippen molar-refractivity contribution in [3.63, 3.8) is 0 Å². The van der Waals surface area contributed by atoms with E-state index in [9.17, 15) is 4.79 Å². The van der Waals surface area contributed by atoms with Crippen LogP contribution in [0, 0.1) is 5.92 Å². The number of nitrogens with one attached hydrogen (secondary N) is 1. The first-order valence-electron chi connectivity index (χ1n) is 6.83. The molecule has 1 N–H and O–H groups in total. The van der Waals surface area contributed by atoms with Crippen LogP contribution < -0.4 is 5.32 Å². The SMILES string of the molecule is C[C@@H]1CNCCN1C(=O)C1CC1c1ccccc1. The molecule has 1 saturated carbocycles. The Balaban J connectivity index is 1.65. The molecule has 1 aromatic rings. The molecule has 1 amide bonds. The molecule has 0 bridgehead atoms. The number of amides is 1. The summed E-state index contributed by atoms with van der Waals surface area (Å²) < 4.78 is 0. The summed E-state index contributed by atoms with van der Waals surface area (Å²) in [6.07, 6.45) is 1.03. The van der Waals surface area contributed by atoms with Crippen molar-refractivity contribution in [1.82, 2.24) is 10.2 Å². The minimum absolute atomic E-state index is 0.230. The van der Waals surface area contributed by atoms with Gasteiger partial charge in [-0.05, 0) is 24.8 Å². The van der Waals surface area contributed by atoms with Crippen molar-refractivity contribution < 1.29 is 4.79 Å². The van der Waals surface area contributed by atoms with Crippen LogP contribution in [-0.4, -0.2) is 36.5 Å². The second kappa shape index (κ2) is 4.73. The molecule has 18 heavy (non-hydrogen) atoms. The van der Waals surface area contributed by atoms with Crippen molar-refractivity contribution in [1.29, 1.82) is 0 Å². The van der Waals surface area contributed by atoms with Crippen molar-refractivity contribution in [2.75, 3.05) is 19.6 Å². The molecule has 3 nitrogen and oxygen atoms in total. The summed E-state index contributed by atoms with van der Waals surface area (Å²) in [4.78, 5) is 14.5. The number of rotatable bonds is 2. The normalized spacial score (nSPS) is 31.2. The van der Waals surface area contributed by atoms with Crippen molar-refractivity contribution in [3.8, 4) is 0 Å². The summed E-state index contributed by atoms with van der Waals surface area (Å²) in [7, 11) is 0. The first-order valence-corrected chi connectivity index (χ1v) is 6.83. The van der Waals surface area contributed by atoms with E-state index in [2.05, 4.69) is 41.4 Å². The summed E-state index contributed by atoms with van der Waals surface area (Å²) in [5, 5.41) is 3.33. The molecule has 0 aromatic heterocycles. The maximum absolute atomic E-state index is 12.5. The van der Waals surface area contributed by atoms with E-state index >= 15 is 0 Å². The summed E-state index contributed by atoms with van der Waals surface area (Å²) in [6, 6.07) is 10.8. The minimum atomic E-state index is 0.230. The molecule has 2 unspecified atom stereocenters. The number of carbonyl (C=O) groups excluding carboxylic acids is 1. The number of nitrogens with zero attached hydrogens (tertiary/aromatic N) is 1. The fraction of sp³-hybridized carbons (Fsp3) is 0.533. The van der Waals surface area contributed by atoms with Crippen LogP contribution in [0.5, 0.6) is 0 Å².